The fourth-order valence-corrected chi connectivity index (χ4v) is 6.88. The van der Waals surface area contributed by atoms with Crippen molar-refractivity contribution in [3.8, 4) is 0 Å². The zero-order valence-electron chi connectivity index (χ0n) is 17.4. The molecule has 1 aromatic rings. The number of aromatic amines is 1. The number of H-pyrrole nitrogens is 1. The van der Waals surface area contributed by atoms with Gasteiger partial charge in [0.1, 0.15) is 18.3 Å². The van der Waals surface area contributed by atoms with Crippen molar-refractivity contribution in [2.24, 2.45) is 0 Å². The standard InChI is InChI=1S/C15H26N2O11P2S/c1-8(2)27-29(20,21)28-12-11(9(3)31-30(22,23)25-5)26-14(13(12)24-4)17-7-6-10(18)16-15(17)19/h6-9,11-14H,1-5H3,(H,20,21)(H,22,23)(H,16,18,19)/t9?,11-,12?,13?,14-/m1/s1. The molecule has 1 saturated heterocycles. The molecule has 1 aromatic heterocycles. The summed E-state index contributed by atoms with van der Waals surface area (Å²) in [6, 6.07) is 1.09. The highest BCUT2D eigenvalue weighted by Gasteiger charge is 2.53. The number of nitrogens with one attached hydrogen (secondary N) is 1. The highest BCUT2D eigenvalue weighted by molar-refractivity contribution is 8.55. The van der Waals surface area contributed by atoms with E-state index in [1.165, 1.54) is 34.1 Å². The summed E-state index contributed by atoms with van der Waals surface area (Å²) in [4.78, 5) is 45.7. The number of phosphoric acid groups is 1. The third-order valence-corrected chi connectivity index (χ3v) is 8.99. The third-order valence-electron chi connectivity index (χ3n) is 4.21. The second kappa shape index (κ2) is 10.4. The van der Waals surface area contributed by atoms with E-state index in [-0.39, 0.29) is 0 Å². The molecule has 2 rings (SSSR count). The van der Waals surface area contributed by atoms with Crippen molar-refractivity contribution in [2.45, 2.75) is 56.7 Å². The zero-order valence-corrected chi connectivity index (χ0v) is 20.0. The predicted octanol–water partition coefficient (Wildman–Crippen LogP) is 1.23. The van der Waals surface area contributed by atoms with E-state index in [1.54, 1.807) is 0 Å². The highest BCUT2D eigenvalue weighted by atomic mass is 32.7. The maximum atomic E-state index is 12.5. The quantitative estimate of drug-likeness (QED) is 0.389. The van der Waals surface area contributed by atoms with E-state index < -0.39 is 61.8 Å². The van der Waals surface area contributed by atoms with Crippen molar-refractivity contribution in [3.63, 3.8) is 0 Å². The van der Waals surface area contributed by atoms with Crippen LogP contribution in [0.3, 0.4) is 0 Å². The molecule has 0 saturated carbocycles. The smallest absolute Gasteiger partial charge is 0.374 e. The molecule has 0 aliphatic carbocycles. The van der Waals surface area contributed by atoms with Gasteiger partial charge in [-0.2, -0.15) is 0 Å². The second-order valence-corrected chi connectivity index (χ2v) is 12.5. The molecule has 1 aliphatic heterocycles. The number of rotatable bonds is 10. The predicted molar refractivity (Wildman–Crippen MR) is 111 cm³/mol. The summed E-state index contributed by atoms with van der Waals surface area (Å²) in [5, 5.41) is -0.819. The SMILES string of the molecule is COC1C(OP(=O)(O)OC(C)C)[C@@H](C(C)SP(=O)(O)OC)O[C@H]1n1ccc(=O)[nH]c1=O. The molecular formula is C15H26N2O11P2S. The van der Waals surface area contributed by atoms with Crippen LogP contribution in [0, 0.1) is 0 Å². The summed E-state index contributed by atoms with van der Waals surface area (Å²) in [7, 11) is -2.27. The van der Waals surface area contributed by atoms with Crippen LogP contribution in [0.4, 0.5) is 0 Å². The molecule has 3 N–H and O–H groups in total. The number of phosphoric ester groups is 1. The van der Waals surface area contributed by atoms with Gasteiger partial charge in [0.2, 0.25) is 0 Å². The molecule has 1 aliphatic rings. The number of hydrogen-bond acceptors (Lipinski definition) is 10. The summed E-state index contributed by atoms with van der Waals surface area (Å²) < 4.78 is 51.6. The lowest BCUT2D eigenvalue weighted by Crippen LogP contribution is -2.40. The summed E-state index contributed by atoms with van der Waals surface area (Å²) in [6.45, 7) is 0.525. The maximum Gasteiger partial charge on any atom is 0.472 e. The molecule has 0 amide bonds. The Bertz CT molecular complexity index is 967. The zero-order chi connectivity index (χ0) is 23.6. The van der Waals surface area contributed by atoms with Gasteiger partial charge in [-0.3, -0.25) is 23.4 Å². The van der Waals surface area contributed by atoms with Crippen molar-refractivity contribution in [2.75, 3.05) is 14.2 Å². The van der Waals surface area contributed by atoms with Crippen LogP contribution in [0.2, 0.25) is 0 Å². The van der Waals surface area contributed by atoms with Crippen molar-refractivity contribution in [3.05, 3.63) is 33.1 Å². The van der Waals surface area contributed by atoms with Crippen molar-refractivity contribution >= 4 is 26.0 Å². The Hall–Kier alpha value is -0.790. The Morgan fingerprint density at radius 2 is 1.84 bits per heavy atom. The molecule has 31 heavy (non-hydrogen) atoms. The Kier molecular flexibility index (Phi) is 8.90. The molecule has 0 aromatic carbocycles. The second-order valence-electron chi connectivity index (χ2n) is 6.86. The van der Waals surface area contributed by atoms with Crippen molar-refractivity contribution < 1.29 is 42.0 Å². The Labute approximate surface area is 181 Å². The van der Waals surface area contributed by atoms with Crippen molar-refractivity contribution in [1.82, 2.24) is 9.55 Å². The van der Waals surface area contributed by atoms with Gasteiger partial charge in [0.05, 0.1) is 6.10 Å². The molecule has 16 heteroatoms. The molecule has 1 fully saturated rings. The maximum absolute atomic E-state index is 12.5. The number of ether oxygens (including phenoxy) is 2. The Morgan fingerprint density at radius 3 is 2.35 bits per heavy atom. The first-order chi connectivity index (χ1) is 14.3. The Morgan fingerprint density at radius 1 is 1.19 bits per heavy atom. The molecule has 7 atom stereocenters. The minimum atomic E-state index is -4.60. The average Bonchev–Trinajstić information content (AvgIpc) is 2.97. The lowest BCUT2D eigenvalue weighted by molar-refractivity contribution is -0.0536. The first-order valence-electron chi connectivity index (χ1n) is 9.06. The first-order valence-corrected chi connectivity index (χ1v) is 13.6. The lowest BCUT2D eigenvalue weighted by Gasteiger charge is -2.28. The summed E-state index contributed by atoms with van der Waals surface area (Å²) in [5.41, 5.74) is -1.44. The van der Waals surface area contributed by atoms with Crippen LogP contribution < -0.4 is 11.2 Å². The van der Waals surface area contributed by atoms with E-state index in [1.807, 2.05) is 0 Å². The molecular weight excluding hydrogens is 478 g/mol. The molecule has 5 unspecified atom stereocenters. The molecule has 0 radical (unpaired) electrons. The van der Waals surface area contributed by atoms with Crippen LogP contribution >= 0.6 is 26.0 Å². The van der Waals surface area contributed by atoms with Crippen molar-refractivity contribution in [1.29, 1.82) is 0 Å². The summed E-state index contributed by atoms with van der Waals surface area (Å²) in [5.74, 6) is 0. The van der Waals surface area contributed by atoms with E-state index in [2.05, 4.69) is 9.51 Å². The van der Waals surface area contributed by atoms with Gasteiger partial charge in [-0.1, -0.05) is 6.92 Å². The van der Waals surface area contributed by atoms with E-state index in [0.29, 0.717) is 11.4 Å². The first kappa shape index (κ1) is 26.5. The summed E-state index contributed by atoms with van der Waals surface area (Å²) in [6.07, 6.45) is -4.17. The van der Waals surface area contributed by atoms with Gasteiger partial charge in [0.15, 0.2) is 6.23 Å². The van der Waals surface area contributed by atoms with Crippen LogP contribution in [0.15, 0.2) is 21.9 Å². The number of aromatic nitrogens is 2. The normalized spacial score (nSPS) is 28.9. The molecule has 0 bridgehead atoms. The van der Waals surface area contributed by atoms with E-state index in [9.17, 15) is 28.5 Å². The molecule has 0 spiro atoms. The van der Waals surface area contributed by atoms with Gasteiger partial charge in [-0.25, -0.2) is 13.9 Å². The largest absolute Gasteiger partial charge is 0.472 e. The number of hydrogen-bond donors (Lipinski definition) is 3. The van der Waals surface area contributed by atoms with Crippen LogP contribution in [0.5, 0.6) is 0 Å². The third kappa shape index (κ3) is 6.84. The number of nitrogens with zero attached hydrogens (tertiary/aromatic N) is 1. The molecule has 2 heterocycles. The van der Waals surface area contributed by atoms with Crippen LogP contribution in [-0.4, -0.2) is 63.2 Å². The molecule has 13 nitrogen and oxygen atoms in total. The van der Waals surface area contributed by atoms with E-state index >= 15 is 0 Å². The van der Waals surface area contributed by atoms with E-state index in [0.717, 1.165) is 17.7 Å². The fourth-order valence-electron chi connectivity index (χ4n) is 3.02. The van der Waals surface area contributed by atoms with Gasteiger partial charge in [0, 0.05) is 31.7 Å². The minimum absolute atomic E-state index is 0.530. The van der Waals surface area contributed by atoms with Crippen LogP contribution in [0.25, 0.3) is 0 Å². The van der Waals surface area contributed by atoms with Crippen LogP contribution in [0.1, 0.15) is 27.0 Å². The van der Waals surface area contributed by atoms with Gasteiger partial charge in [-0.15, -0.1) is 0 Å². The summed E-state index contributed by atoms with van der Waals surface area (Å²) >= 11 is 0.530. The van der Waals surface area contributed by atoms with Crippen LogP contribution in [-0.2, 0) is 32.2 Å². The minimum Gasteiger partial charge on any atom is -0.374 e. The number of methoxy groups -OCH3 is 1. The lowest BCUT2D eigenvalue weighted by atomic mass is 10.1. The monoisotopic (exact) mass is 504 g/mol. The van der Waals surface area contributed by atoms with Gasteiger partial charge < -0.3 is 23.8 Å². The van der Waals surface area contributed by atoms with Gasteiger partial charge >= 0.3 is 20.3 Å². The van der Waals surface area contributed by atoms with E-state index in [4.69, 9.17) is 18.5 Å². The molecule has 178 valence electrons. The topological polar surface area (TPSA) is 176 Å². The van der Waals surface area contributed by atoms with Gasteiger partial charge in [0.25, 0.3) is 5.56 Å². The van der Waals surface area contributed by atoms with Gasteiger partial charge in [-0.05, 0) is 25.2 Å². The Balaban J connectivity index is 2.46. The highest BCUT2D eigenvalue weighted by Crippen LogP contribution is 2.59. The fraction of sp³-hybridized carbons (Fsp3) is 0.733. The average molecular weight is 504 g/mol.